The molecule has 0 aliphatic heterocycles. The van der Waals surface area contributed by atoms with Crippen LogP contribution in [-0.2, 0) is 0 Å². The van der Waals surface area contributed by atoms with E-state index in [-0.39, 0.29) is 5.41 Å². The molecular formula is C11H16FN3. The smallest absolute Gasteiger partial charge is 0.217 e. The van der Waals surface area contributed by atoms with Crippen LogP contribution in [0.4, 0.5) is 10.2 Å². The van der Waals surface area contributed by atoms with Crippen molar-refractivity contribution in [2.24, 2.45) is 5.41 Å². The highest BCUT2D eigenvalue weighted by molar-refractivity contribution is 5.34. The Morgan fingerprint density at radius 1 is 1.47 bits per heavy atom. The van der Waals surface area contributed by atoms with Crippen molar-refractivity contribution in [2.75, 3.05) is 5.32 Å². The second kappa shape index (κ2) is 3.76. The zero-order valence-electron chi connectivity index (χ0n) is 9.13. The van der Waals surface area contributed by atoms with Crippen molar-refractivity contribution in [1.29, 1.82) is 0 Å². The SMILES string of the molecule is CC1(C)CCCC1Nc1cc(F)ncn1. The molecule has 0 radical (unpaired) electrons. The van der Waals surface area contributed by atoms with Gasteiger partial charge in [-0.05, 0) is 18.3 Å². The number of hydrogen-bond acceptors (Lipinski definition) is 3. The number of aromatic nitrogens is 2. The van der Waals surface area contributed by atoms with Crippen LogP contribution in [0.5, 0.6) is 0 Å². The molecule has 1 aliphatic rings. The van der Waals surface area contributed by atoms with Crippen LogP contribution in [0.1, 0.15) is 33.1 Å². The van der Waals surface area contributed by atoms with E-state index in [2.05, 4.69) is 29.1 Å². The van der Waals surface area contributed by atoms with E-state index in [1.807, 2.05) is 0 Å². The molecule has 2 rings (SSSR count). The molecular weight excluding hydrogens is 193 g/mol. The molecule has 1 fully saturated rings. The summed E-state index contributed by atoms with van der Waals surface area (Å²) in [4.78, 5) is 7.44. The predicted octanol–water partition coefficient (Wildman–Crippen LogP) is 2.61. The van der Waals surface area contributed by atoms with Gasteiger partial charge in [0.05, 0.1) is 0 Å². The molecule has 1 atom stereocenters. The predicted molar refractivity (Wildman–Crippen MR) is 57.0 cm³/mol. The average Bonchev–Trinajstić information content (AvgIpc) is 2.46. The first-order chi connectivity index (χ1) is 7.08. The molecule has 1 aromatic heterocycles. The van der Waals surface area contributed by atoms with Crippen LogP contribution in [0.2, 0.25) is 0 Å². The number of nitrogens with one attached hydrogen (secondary N) is 1. The Morgan fingerprint density at radius 2 is 2.27 bits per heavy atom. The van der Waals surface area contributed by atoms with Gasteiger partial charge in [-0.2, -0.15) is 4.39 Å². The maximum absolute atomic E-state index is 12.8. The quantitative estimate of drug-likeness (QED) is 0.761. The monoisotopic (exact) mass is 209 g/mol. The first-order valence-corrected chi connectivity index (χ1v) is 5.32. The van der Waals surface area contributed by atoms with E-state index >= 15 is 0 Å². The lowest BCUT2D eigenvalue weighted by Gasteiger charge is -2.28. The summed E-state index contributed by atoms with van der Waals surface area (Å²) >= 11 is 0. The van der Waals surface area contributed by atoms with Gasteiger partial charge >= 0.3 is 0 Å². The van der Waals surface area contributed by atoms with Gasteiger partial charge in [-0.1, -0.05) is 20.3 Å². The molecule has 82 valence electrons. The van der Waals surface area contributed by atoms with Gasteiger partial charge in [0, 0.05) is 12.1 Å². The molecule has 4 heteroatoms. The van der Waals surface area contributed by atoms with Crippen LogP contribution in [0, 0.1) is 11.4 Å². The maximum atomic E-state index is 12.8. The molecule has 0 amide bonds. The summed E-state index contributed by atoms with van der Waals surface area (Å²) < 4.78 is 12.8. The Kier molecular flexibility index (Phi) is 2.59. The van der Waals surface area contributed by atoms with Crippen molar-refractivity contribution in [3.05, 3.63) is 18.3 Å². The highest BCUT2D eigenvalue weighted by Gasteiger charge is 2.34. The summed E-state index contributed by atoms with van der Waals surface area (Å²) in [6.07, 6.45) is 4.80. The molecule has 1 aliphatic carbocycles. The first kappa shape index (κ1) is 10.3. The third-order valence-corrected chi connectivity index (χ3v) is 3.21. The third kappa shape index (κ3) is 2.25. The molecule has 1 heterocycles. The third-order valence-electron chi connectivity index (χ3n) is 3.21. The minimum absolute atomic E-state index is 0.265. The lowest BCUT2D eigenvalue weighted by Crippen LogP contribution is -2.31. The van der Waals surface area contributed by atoms with E-state index in [4.69, 9.17) is 0 Å². The molecule has 0 saturated heterocycles. The summed E-state index contributed by atoms with van der Waals surface area (Å²) in [7, 11) is 0. The first-order valence-electron chi connectivity index (χ1n) is 5.32. The number of halogens is 1. The Hall–Kier alpha value is -1.19. The van der Waals surface area contributed by atoms with E-state index in [1.165, 1.54) is 25.2 Å². The Balaban J connectivity index is 2.09. The molecule has 3 nitrogen and oxygen atoms in total. The van der Waals surface area contributed by atoms with E-state index < -0.39 is 5.95 Å². The van der Waals surface area contributed by atoms with Gasteiger partial charge in [-0.25, -0.2) is 9.97 Å². The fourth-order valence-electron chi connectivity index (χ4n) is 2.19. The van der Waals surface area contributed by atoms with Gasteiger partial charge in [0.1, 0.15) is 12.1 Å². The summed E-state index contributed by atoms with van der Waals surface area (Å²) in [6, 6.07) is 1.72. The topological polar surface area (TPSA) is 37.8 Å². The highest BCUT2D eigenvalue weighted by atomic mass is 19.1. The van der Waals surface area contributed by atoms with Gasteiger partial charge in [0.25, 0.3) is 0 Å². The molecule has 15 heavy (non-hydrogen) atoms. The minimum atomic E-state index is -0.483. The fraction of sp³-hybridized carbons (Fsp3) is 0.636. The van der Waals surface area contributed by atoms with E-state index in [9.17, 15) is 4.39 Å². The molecule has 1 N–H and O–H groups in total. The molecule has 1 unspecified atom stereocenters. The normalized spacial score (nSPS) is 24.1. The molecule has 1 aromatic rings. The van der Waals surface area contributed by atoms with Crippen molar-refractivity contribution in [3.63, 3.8) is 0 Å². The molecule has 0 aromatic carbocycles. The lowest BCUT2D eigenvalue weighted by molar-refractivity contribution is 0.349. The van der Waals surface area contributed by atoms with Gasteiger partial charge in [0.15, 0.2) is 0 Å². The summed E-state index contributed by atoms with van der Waals surface area (Å²) in [5.74, 6) is 0.103. The van der Waals surface area contributed by atoms with E-state index in [0.717, 1.165) is 6.42 Å². The second-order valence-corrected chi connectivity index (χ2v) is 4.80. The lowest BCUT2D eigenvalue weighted by atomic mass is 9.87. The van der Waals surface area contributed by atoms with Crippen LogP contribution >= 0.6 is 0 Å². The van der Waals surface area contributed by atoms with Gasteiger partial charge in [-0.15, -0.1) is 0 Å². The van der Waals surface area contributed by atoms with Crippen LogP contribution in [-0.4, -0.2) is 16.0 Å². The molecule has 0 spiro atoms. The van der Waals surface area contributed by atoms with Crippen molar-refractivity contribution < 1.29 is 4.39 Å². The van der Waals surface area contributed by atoms with Gasteiger partial charge in [0.2, 0.25) is 5.95 Å². The average molecular weight is 209 g/mol. The Bertz CT molecular complexity index is 351. The van der Waals surface area contributed by atoms with E-state index in [1.54, 1.807) is 0 Å². The number of nitrogens with zero attached hydrogens (tertiary/aromatic N) is 2. The Labute approximate surface area is 89.1 Å². The van der Waals surface area contributed by atoms with Crippen LogP contribution in [0.15, 0.2) is 12.4 Å². The van der Waals surface area contributed by atoms with Crippen LogP contribution in [0.3, 0.4) is 0 Å². The highest BCUT2D eigenvalue weighted by Crippen LogP contribution is 2.38. The van der Waals surface area contributed by atoms with Gasteiger partial charge < -0.3 is 5.32 Å². The standard InChI is InChI=1S/C11H16FN3/c1-11(2)5-3-4-8(11)15-10-6-9(12)13-7-14-10/h6-8H,3-5H2,1-2H3,(H,13,14,15). The maximum Gasteiger partial charge on any atom is 0.217 e. The van der Waals surface area contributed by atoms with Gasteiger partial charge in [-0.3, -0.25) is 0 Å². The zero-order chi connectivity index (χ0) is 10.9. The second-order valence-electron chi connectivity index (χ2n) is 4.80. The number of rotatable bonds is 2. The summed E-state index contributed by atoms with van der Waals surface area (Å²) in [5, 5.41) is 3.28. The zero-order valence-corrected chi connectivity index (χ0v) is 9.13. The van der Waals surface area contributed by atoms with Crippen molar-refractivity contribution >= 4 is 5.82 Å². The number of hydrogen-bond donors (Lipinski definition) is 1. The number of anilines is 1. The Morgan fingerprint density at radius 3 is 2.87 bits per heavy atom. The molecule has 0 bridgehead atoms. The van der Waals surface area contributed by atoms with Crippen LogP contribution in [0.25, 0.3) is 0 Å². The summed E-state index contributed by atoms with van der Waals surface area (Å²) in [5.41, 5.74) is 0.265. The van der Waals surface area contributed by atoms with E-state index in [0.29, 0.717) is 11.9 Å². The van der Waals surface area contributed by atoms with Crippen LogP contribution < -0.4 is 5.32 Å². The fourth-order valence-corrected chi connectivity index (χ4v) is 2.19. The van der Waals surface area contributed by atoms with Crippen molar-refractivity contribution in [3.8, 4) is 0 Å². The van der Waals surface area contributed by atoms with Crippen molar-refractivity contribution in [2.45, 2.75) is 39.2 Å². The summed E-state index contributed by atoms with van der Waals surface area (Å²) in [6.45, 7) is 4.46. The largest absolute Gasteiger partial charge is 0.367 e. The molecule has 1 saturated carbocycles. The van der Waals surface area contributed by atoms with Crippen molar-refractivity contribution in [1.82, 2.24) is 9.97 Å². The minimum Gasteiger partial charge on any atom is -0.367 e.